The van der Waals surface area contributed by atoms with Crippen LogP contribution in [-0.4, -0.2) is 45.6 Å². The molecule has 4 N–H and O–H groups in total. The molecule has 0 saturated carbocycles. The molecule has 0 fully saturated rings. The Balaban J connectivity index is 0.00000338. The van der Waals surface area contributed by atoms with Crippen molar-refractivity contribution in [3.8, 4) is 0 Å². The summed E-state index contributed by atoms with van der Waals surface area (Å²) in [5.41, 5.74) is 6.03. The normalized spacial score (nSPS) is 10.0. The fourth-order valence-corrected chi connectivity index (χ4v) is 2.20. The molecule has 0 aromatic carbocycles. The molecule has 2 aromatic rings. The molecule has 0 saturated heterocycles. The second kappa shape index (κ2) is 9.02. The number of nitrogens with zero attached hydrogens (tertiary/aromatic N) is 3. The third-order valence-electron chi connectivity index (χ3n) is 3.38. The molecular formula is C15H21ClN6O4. The predicted octanol–water partition coefficient (Wildman–Crippen LogP) is 0.507. The zero-order valence-electron chi connectivity index (χ0n) is 14.6. The third-order valence-corrected chi connectivity index (χ3v) is 3.38. The zero-order chi connectivity index (χ0) is 18.6. The van der Waals surface area contributed by atoms with Gasteiger partial charge >= 0.3 is 5.97 Å². The van der Waals surface area contributed by atoms with E-state index in [-0.39, 0.29) is 42.9 Å². The average Bonchev–Trinajstić information content (AvgIpc) is 3.09. The Bertz CT molecular complexity index is 813. The van der Waals surface area contributed by atoms with Crippen LogP contribution in [0.15, 0.2) is 18.5 Å². The molecule has 0 radical (unpaired) electrons. The number of methoxy groups -OCH3 is 1. The summed E-state index contributed by atoms with van der Waals surface area (Å²) in [7, 11) is 4.57. The van der Waals surface area contributed by atoms with Gasteiger partial charge in [0.1, 0.15) is 5.69 Å². The van der Waals surface area contributed by atoms with E-state index in [1.165, 1.54) is 23.9 Å². The van der Waals surface area contributed by atoms with Crippen molar-refractivity contribution in [1.82, 2.24) is 14.1 Å². The van der Waals surface area contributed by atoms with Gasteiger partial charge in [0.2, 0.25) is 11.7 Å². The van der Waals surface area contributed by atoms with Gasteiger partial charge in [0.15, 0.2) is 5.82 Å². The summed E-state index contributed by atoms with van der Waals surface area (Å²) in [6.45, 7) is 0.225. The number of nitrogens with one attached hydrogen (secondary N) is 2. The number of esters is 1. The number of anilines is 2. The Kier molecular flexibility index (Phi) is 7.35. The first-order valence-electron chi connectivity index (χ1n) is 7.45. The quantitative estimate of drug-likeness (QED) is 0.621. The van der Waals surface area contributed by atoms with Gasteiger partial charge in [-0.05, 0) is 6.07 Å². The summed E-state index contributed by atoms with van der Waals surface area (Å²) in [6.07, 6.45) is 3.27. The maximum Gasteiger partial charge on any atom is 0.354 e. The fraction of sp³-hybridized carbons (Fsp3) is 0.333. The standard InChI is InChI=1S/C15H20N6O4.ClH/c1-20-7-9(6-10(20)15(24)25-3)17-14(23)13-19-11(8-21(13)2)18-12(22)4-5-16;/h6-8H,4-5,16H2,1-3H3,(H,17,23)(H,18,22);1H. The smallest absolute Gasteiger partial charge is 0.354 e. The molecule has 0 unspecified atom stereocenters. The second-order valence-corrected chi connectivity index (χ2v) is 5.32. The topological polar surface area (TPSA) is 133 Å². The molecule has 142 valence electrons. The Morgan fingerprint density at radius 3 is 2.50 bits per heavy atom. The number of rotatable bonds is 6. The lowest BCUT2D eigenvalue weighted by Crippen LogP contribution is -2.17. The van der Waals surface area contributed by atoms with Gasteiger partial charge in [-0.15, -0.1) is 12.4 Å². The second-order valence-electron chi connectivity index (χ2n) is 5.32. The van der Waals surface area contributed by atoms with E-state index in [2.05, 4.69) is 20.4 Å². The average molecular weight is 385 g/mol. The summed E-state index contributed by atoms with van der Waals surface area (Å²) >= 11 is 0. The van der Waals surface area contributed by atoms with Gasteiger partial charge < -0.3 is 30.2 Å². The Labute approximate surface area is 156 Å². The van der Waals surface area contributed by atoms with Gasteiger partial charge in [0.05, 0.1) is 12.8 Å². The molecule has 2 heterocycles. The van der Waals surface area contributed by atoms with Crippen LogP contribution in [0.4, 0.5) is 11.5 Å². The van der Waals surface area contributed by atoms with Crippen molar-refractivity contribution in [1.29, 1.82) is 0 Å². The van der Waals surface area contributed by atoms with Crippen LogP contribution in [0.25, 0.3) is 0 Å². The van der Waals surface area contributed by atoms with Gasteiger partial charge in [0, 0.05) is 39.5 Å². The third kappa shape index (κ3) is 4.83. The van der Waals surface area contributed by atoms with E-state index in [0.717, 1.165) is 0 Å². The van der Waals surface area contributed by atoms with Gasteiger partial charge in [-0.25, -0.2) is 9.78 Å². The van der Waals surface area contributed by atoms with Crippen molar-refractivity contribution in [3.63, 3.8) is 0 Å². The van der Waals surface area contributed by atoms with E-state index in [1.54, 1.807) is 24.9 Å². The van der Waals surface area contributed by atoms with Crippen LogP contribution >= 0.6 is 12.4 Å². The lowest BCUT2D eigenvalue weighted by molar-refractivity contribution is -0.116. The van der Waals surface area contributed by atoms with Gasteiger partial charge in [-0.2, -0.15) is 0 Å². The Hall–Kier alpha value is -2.85. The number of hydrogen-bond acceptors (Lipinski definition) is 6. The van der Waals surface area contributed by atoms with Crippen LogP contribution in [-0.2, 0) is 23.6 Å². The van der Waals surface area contributed by atoms with Crippen molar-refractivity contribution in [2.75, 3.05) is 24.3 Å². The summed E-state index contributed by atoms with van der Waals surface area (Å²) < 4.78 is 7.68. The molecule has 2 rings (SSSR count). The van der Waals surface area contributed by atoms with Crippen molar-refractivity contribution >= 4 is 41.7 Å². The minimum absolute atomic E-state index is 0. The molecular weight excluding hydrogens is 364 g/mol. The molecule has 0 aliphatic heterocycles. The highest BCUT2D eigenvalue weighted by atomic mass is 35.5. The van der Waals surface area contributed by atoms with E-state index in [4.69, 9.17) is 5.73 Å². The number of ether oxygens (including phenoxy) is 1. The monoisotopic (exact) mass is 384 g/mol. The molecule has 0 spiro atoms. The molecule has 2 amide bonds. The van der Waals surface area contributed by atoms with Crippen LogP contribution in [0.3, 0.4) is 0 Å². The van der Waals surface area contributed by atoms with Crippen LogP contribution in [0.2, 0.25) is 0 Å². The van der Waals surface area contributed by atoms with Gasteiger partial charge in [-0.3, -0.25) is 9.59 Å². The van der Waals surface area contributed by atoms with Crippen LogP contribution in [0.1, 0.15) is 27.5 Å². The Morgan fingerprint density at radius 2 is 1.88 bits per heavy atom. The van der Waals surface area contributed by atoms with Gasteiger partial charge in [0.25, 0.3) is 5.91 Å². The van der Waals surface area contributed by atoms with E-state index in [0.29, 0.717) is 11.4 Å². The van der Waals surface area contributed by atoms with E-state index >= 15 is 0 Å². The summed E-state index contributed by atoms with van der Waals surface area (Å²) in [4.78, 5) is 39.6. The minimum atomic E-state index is -0.509. The molecule has 0 atom stereocenters. The molecule has 0 aliphatic carbocycles. The largest absolute Gasteiger partial charge is 0.464 e. The van der Waals surface area contributed by atoms with Crippen molar-refractivity contribution in [2.45, 2.75) is 6.42 Å². The highest BCUT2D eigenvalue weighted by Gasteiger charge is 2.18. The maximum atomic E-state index is 12.4. The van der Waals surface area contributed by atoms with E-state index < -0.39 is 11.9 Å². The number of nitrogens with two attached hydrogens (primary N) is 1. The first kappa shape index (κ1) is 21.2. The summed E-state index contributed by atoms with van der Waals surface area (Å²) in [6, 6.07) is 1.50. The molecule has 2 aromatic heterocycles. The number of amides is 2. The minimum Gasteiger partial charge on any atom is -0.464 e. The summed E-state index contributed by atoms with van der Waals surface area (Å²) in [5.74, 6) is -0.909. The molecule has 11 heteroatoms. The SMILES string of the molecule is COC(=O)c1cc(NC(=O)c2nc(NC(=O)CCN)cn2C)cn1C.Cl. The van der Waals surface area contributed by atoms with Gasteiger partial charge in [-0.1, -0.05) is 0 Å². The maximum absolute atomic E-state index is 12.4. The van der Waals surface area contributed by atoms with Crippen molar-refractivity contribution in [2.24, 2.45) is 19.8 Å². The first-order chi connectivity index (χ1) is 11.8. The number of aryl methyl sites for hydroxylation is 2. The summed E-state index contributed by atoms with van der Waals surface area (Å²) in [5, 5.41) is 5.21. The number of carbonyl (C=O) groups is 3. The molecule has 0 aliphatic rings. The van der Waals surface area contributed by atoms with E-state index in [9.17, 15) is 14.4 Å². The van der Waals surface area contributed by atoms with Crippen LogP contribution in [0.5, 0.6) is 0 Å². The predicted molar refractivity (Wildman–Crippen MR) is 97.5 cm³/mol. The lowest BCUT2D eigenvalue weighted by atomic mass is 10.4. The Morgan fingerprint density at radius 1 is 1.19 bits per heavy atom. The van der Waals surface area contributed by atoms with Crippen LogP contribution < -0.4 is 16.4 Å². The highest BCUT2D eigenvalue weighted by Crippen LogP contribution is 2.15. The lowest BCUT2D eigenvalue weighted by Gasteiger charge is -2.01. The van der Waals surface area contributed by atoms with E-state index in [1.807, 2.05) is 0 Å². The fourth-order valence-electron chi connectivity index (χ4n) is 2.20. The van der Waals surface area contributed by atoms with Crippen molar-refractivity contribution in [3.05, 3.63) is 30.0 Å². The number of imidazole rings is 1. The number of hydrogen-bond donors (Lipinski definition) is 3. The highest BCUT2D eigenvalue weighted by molar-refractivity contribution is 6.03. The molecule has 26 heavy (non-hydrogen) atoms. The van der Waals surface area contributed by atoms with Crippen molar-refractivity contribution < 1.29 is 19.1 Å². The number of halogens is 1. The number of carbonyl (C=O) groups excluding carboxylic acids is 3. The molecule has 0 bridgehead atoms. The number of aromatic nitrogens is 3. The molecule has 10 nitrogen and oxygen atoms in total. The first-order valence-corrected chi connectivity index (χ1v) is 7.45. The van der Waals surface area contributed by atoms with Crippen LogP contribution in [0, 0.1) is 0 Å². The zero-order valence-corrected chi connectivity index (χ0v) is 15.4.